The number of rotatable bonds is 5. The number of hydrogen-bond donors (Lipinski definition) is 1. The summed E-state index contributed by atoms with van der Waals surface area (Å²) in [5, 5.41) is 9.39. The molecule has 0 atom stereocenters. The van der Waals surface area contributed by atoms with Crippen molar-refractivity contribution in [2.45, 2.75) is 39.8 Å². The van der Waals surface area contributed by atoms with Gasteiger partial charge in [-0.3, -0.25) is 4.90 Å². The Labute approximate surface area is 89.1 Å². The fourth-order valence-corrected chi connectivity index (χ4v) is 1.95. The van der Waals surface area contributed by atoms with Gasteiger partial charge in [-0.15, -0.1) is 10.2 Å². The van der Waals surface area contributed by atoms with Gasteiger partial charge < -0.3 is 5.73 Å². The Kier molecular flexibility index (Phi) is 4.28. The third-order valence-corrected chi connectivity index (χ3v) is 2.80. The molecule has 1 aromatic rings. The van der Waals surface area contributed by atoms with E-state index in [9.17, 15) is 0 Å². The van der Waals surface area contributed by atoms with E-state index >= 15 is 0 Å². The van der Waals surface area contributed by atoms with Crippen LogP contribution in [0.25, 0.3) is 0 Å². The summed E-state index contributed by atoms with van der Waals surface area (Å²) in [4.78, 5) is 2.37. The average Bonchev–Trinajstić information content (AvgIpc) is 2.50. The normalized spacial score (nSPS) is 11.5. The summed E-state index contributed by atoms with van der Waals surface area (Å²) < 4.78 is 0. The number of anilines is 1. The van der Waals surface area contributed by atoms with E-state index in [1.807, 2.05) is 0 Å². The van der Waals surface area contributed by atoms with Crippen LogP contribution in [-0.4, -0.2) is 27.7 Å². The van der Waals surface area contributed by atoms with Crippen molar-refractivity contribution in [3.63, 3.8) is 0 Å². The van der Waals surface area contributed by atoms with Gasteiger partial charge in [-0.2, -0.15) is 0 Å². The van der Waals surface area contributed by atoms with E-state index in [0.717, 1.165) is 24.5 Å². The van der Waals surface area contributed by atoms with E-state index in [-0.39, 0.29) is 0 Å². The van der Waals surface area contributed by atoms with Gasteiger partial charge in [-0.1, -0.05) is 18.3 Å². The van der Waals surface area contributed by atoms with Gasteiger partial charge in [0.05, 0.1) is 6.54 Å². The van der Waals surface area contributed by atoms with Gasteiger partial charge in [-0.25, -0.2) is 0 Å². The average molecular weight is 214 g/mol. The molecule has 0 saturated carbocycles. The molecule has 14 heavy (non-hydrogen) atoms. The molecule has 0 aliphatic carbocycles. The fourth-order valence-electron chi connectivity index (χ4n) is 1.31. The van der Waals surface area contributed by atoms with Crippen LogP contribution in [0.4, 0.5) is 5.13 Å². The molecule has 0 saturated heterocycles. The van der Waals surface area contributed by atoms with Gasteiger partial charge in [0.1, 0.15) is 5.01 Å². The Balaban J connectivity index is 2.55. The predicted octanol–water partition coefficient (Wildman–Crippen LogP) is 1.74. The summed E-state index contributed by atoms with van der Waals surface area (Å²) in [5.74, 6) is 0. The molecule has 0 amide bonds. The lowest BCUT2D eigenvalue weighted by Crippen LogP contribution is -2.30. The van der Waals surface area contributed by atoms with Gasteiger partial charge in [0.25, 0.3) is 0 Å². The van der Waals surface area contributed by atoms with Crippen LogP contribution in [0.5, 0.6) is 0 Å². The van der Waals surface area contributed by atoms with Gasteiger partial charge >= 0.3 is 0 Å². The zero-order valence-corrected chi connectivity index (χ0v) is 9.84. The number of hydrogen-bond acceptors (Lipinski definition) is 5. The second-order valence-electron chi connectivity index (χ2n) is 3.60. The molecule has 0 aliphatic rings. The van der Waals surface area contributed by atoms with Crippen LogP contribution in [0.2, 0.25) is 0 Å². The first-order valence-electron chi connectivity index (χ1n) is 4.95. The quantitative estimate of drug-likeness (QED) is 0.811. The zero-order chi connectivity index (χ0) is 10.6. The third kappa shape index (κ3) is 3.23. The van der Waals surface area contributed by atoms with Crippen LogP contribution in [0.15, 0.2) is 0 Å². The van der Waals surface area contributed by atoms with Crippen molar-refractivity contribution < 1.29 is 0 Å². The highest BCUT2D eigenvalue weighted by atomic mass is 32.1. The van der Waals surface area contributed by atoms with Crippen LogP contribution in [-0.2, 0) is 6.54 Å². The maximum absolute atomic E-state index is 5.53. The number of nitrogens with two attached hydrogens (primary N) is 1. The van der Waals surface area contributed by atoms with Gasteiger partial charge in [-0.05, 0) is 26.8 Å². The highest BCUT2D eigenvalue weighted by molar-refractivity contribution is 7.15. The van der Waals surface area contributed by atoms with Crippen molar-refractivity contribution in [3.05, 3.63) is 5.01 Å². The van der Waals surface area contributed by atoms with E-state index in [0.29, 0.717) is 11.2 Å². The molecule has 1 aromatic heterocycles. The van der Waals surface area contributed by atoms with Crippen LogP contribution in [0, 0.1) is 0 Å². The first-order chi connectivity index (χ1) is 6.63. The van der Waals surface area contributed by atoms with E-state index in [1.54, 1.807) is 0 Å². The number of nitrogens with zero attached hydrogens (tertiary/aromatic N) is 3. The van der Waals surface area contributed by atoms with E-state index in [2.05, 4.69) is 35.9 Å². The predicted molar refractivity (Wildman–Crippen MR) is 60.2 cm³/mol. The highest BCUT2D eigenvalue weighted by Crippen LogP contribution is 2.14. The minimum absolute atomic E-state index is 0.542. The van der Waals surface area contributed by atoms with Gasteiger partial charge in [0, 0.05) is 6.04 Å². The molecule has 5 heteroatoms. The molecule has 2 N–H and O–H groups in total. The van der Waals surface area contributed by atoms with Gasteiger partial charge in [0.2, 0.25) is 5.13 Å². The summed E-state index contributed by atoms with van der Waals surface area (Å²) in [6.45, 7) is 8.53. The van der Waals surface area contributed by atoms with Crippen LogP contribution < -0.4 is 5.73 Å². The number of aromatic nitrogens is 2. The van der Waals surface area contributed by atoms with Crippen molar-refractivity contribution in [2.75, 3.05) is 12.3 Å². The second-order valence-corrected chi connectivity index (χ2v) is 4.69. The first kappa shape index (κ1) is 11.4. The van der Waals surface area contributed by atoms with Crippen molar-refractivity contribution in [1.29, 1.82) is 0 Å². The highest BCUT2D eigenvalue weighted by Gasteiger charge is 2.11. The lowest BCUT2D eigenvalue weighted by atomic mass is 10.3. The molecule has 0 aromatic carbocycles. The molecule has 80 valence electrons. The van der Waals surface area contributed by atoms with E-state index in [1.165, 1.54) is 11.3 Å². The standard InChI is InChI=1S/C9H18N4S/c1-4-5-13(7(2)3)6-8-11-12-9(10)14-8/h7H,4-6H2,1-3H3,(H2,10,12). The summed E-state index contributed by atoms with van der Waals surface area (Å²) in [6, 6.07) is 0.542. The first-order valence-corrected chi connectivity index (χ1v) is 5.77. The maximum atomic E-state index is 5.53. The summed E-state index contributed by atoms with van der Waals surface area (Å²) in [7, 11) is 0. The molecule has 0 spiro atoms. The Hall–Kier alpha value is -0.680. The molecular formula is C9H18N4S. The SMILES string of the molecule is CCCN(Cc1nnc(N)s1)C(C)C. The minimum Gasteiger partial charge on any atom is -0.374 e. The third-order valence-electron chi connectivity index (χ3n) is 2.06. The van der Waals surface area contributed by atoms with Crippen LogP contribution >= 0.6 is 11.3 Å². The molecule has 0 aliphatic heterocycles. The summed E-state index contributed by atoms with van der Waals surface area (Å²) in [6.07, 6.45) is 1.16. The maximum Gasteiger partial charge on any atom is 0.203 e. The molecule has 1 heterocycles. The van der Waals surface area contributed by atoms with E-state index < -0.39 is 0 Å². The Morgan fingerprint density at radius 3 is 2.57 bits per heavy atom. The number of nitrogen functional groups attached to an aromatic ring is 1. The monoisotopic (exact) mass is 214 g/mol. The van der Waals surface area contributed by atoms with Gasteiger partial charge in [0.15, 0.2) is 0 Å². The topological polar surface area (TPSA) is 55.0 Å². The largest absolute Gasteiger partial charge is 0.374 e. The minimum atomic E-state index is 0.542. The van der Waals surface area contributed by atoms with Crippen LogP contribution in [0.3, 0.4) is 0 Å². The van der Waals surface area contributed by atoms with Crippen molar-refractivity contribution in [1.82, 2.24) is 15.1 Å². The van der Waals surface area contributed by atoms with Crippen LogP contribution in [0.1, 0.15) is 32.2 Å². The molecule has 1 rings (SSSR count). The molecule has 0 fully saturated rings. The second kappa shape index (κ2) is 5.26. The Morgan fingerprint density at radius 1 is 1.43 bits per heavy atom. The summed E-state index contributed by atoms with van der Waals surface area (Å²) >= 11 is 1.47. The Morgan fingerprint density at radius 2 is 2.14 bits per heavy atom. The molecular weight excluding hydrogens is 196 g/mol. The molecule has 0 radical (unpaired) electrons. The smallest absolute Gasteiger partial charge is 0.203 e. The zero-order valence-electron chi connectivity index (χ0n) is 9.03. The summed E-state index contributed by atoms with van der Waals surface area (Å²) in [5.41, 5.74) is 5.53. The van der Waals surface area contributed by atoms with Crippen molar-refractivity contribution in [3.8, 4) is 0 Å². The van der Waals surface area contributed by atoms with Crippen molar-refractivity contribution in [2.24, 2.45) is 0 Å². The van der Waals surface area contributed by atoms with E-state index in [4.69, 9.17) is 5.73 Å². The lowest BCUT2D eigenvalue weighted by Gasteiger charge is -2.24. The molecule has 0 bridgehead atoms. The Bertz CT molecular complexity index is 272. The fraction of sp³-hybridized carbons (Fsp3) is 0.778. The molecule has 0 unspecified atom stereocenters. The lowest BCUT2D eigenvalue weighted by molar-refractivity contribution is 0.212. The molecule has 4 nitrogen and oxygen atoms in total. The van der Waals surface area contributed by atoms with Crippen molar-refractivity contribution >= 4 is 16.5 Å².